The van der Waals surface area contributed by atoms with E-state index in [1.54, 1.807) is 19.1 Å². The van der Waals surface area contributed by atoms with Crippen molar-refractivity contribution in [1.82, 2.24) is 5.32 Å². The van der Waals surface area contributed by atoms with Crippen LogP contribution in [0.1, 0.15) is 59.5 Å². The first-order chi connectivity index (χ1) is 21.4. The highest BCUT2D eigenvalue weighted by Gasteiger charge is 2.52. The number of ether oxygens (including phenoxy) is 1. The van der Waals surface area contributed by atoms with Crippen LogP contribution in [0, 0.1) is 12.3 Å². The van der Waals surface area contributed by atoms with Crippen LogP contribution in [0.15, 0.2) is 48.5 Å². The maximum atomic E-state index is 13.2. The number of nitrogens with one attached hydrogen (secondary N) is 3. The first-order valence-corrected chi connectivity index (χ1v) is 14.8. The summed E-state index contributed by atoms with van der Waals surface area (Å²) in [7, 11) is 0. The normalized spacial score (nSPS) is 11.3. The number of halogens is 8. The van der Waals surface area contributed by atoms with Gasteiger partial charge in [-0.25, -0.2) is 8.78 Å². The van der Waals surface area contributed by atoms with E-state index in [4.69, 9.17) is 39.5 Å². The molecule has 0 saturated carbocycles. The summed E-state index contributed by atoms with van der Waals surface area (Å²) in [4.78, 5) is 38.6. The van der Waals surface area contributed by atoms with Crippen molar-refractivity contribution in [3.8, 4) is 5.75 Å². The van der Waals surface area contributed by atoms with Gasteiger partial charge in [-0.05, 0) is 68.3 Å². The van der Waals surface area contributed by atoms with Gasteiger partial charge in [0, 0.05) is 22.9 Å². The van der Waals surface area contributed by atoms with Crippen LogP contribution in [0.3, 0.4) is 0 Å². The molecule has 0 fully saturated rings. The predicted molar refractivity (Wildman–Crippen MR) is 170 cm³/mol. The van der Waals surface area contributed by atoms with Crippen molar-refractivity contribution in [3.63, 3.8) is 0 Å². The first-order valence-electron chi connectivity index (χ1n) is 13.7. The third-order valence-corrected chi connectivity index (χ3v) is 7.39. The first kappa shape index (κ1) is 38.6. The lowest BCUT2D eigenvalue weighted by Crippen LogP contribution is -2.46. The molecule has 0 bridgehead atoms. The van der Waals surface area contributed by atoms with Gasteiger partial charge in [0.15, 0.2) is 0 Å². The Bertz CT molecular complexity index is 1580. The maximum Gasteiger partial charge on any atom is 0.402 e. The smallest absolute Gasteiger partial charge is 0.402 e. The standard InChI is InChI=1S/C29H25Cl3F5N3O4.C2H6/c1-14-4-6-16(30)10-20(14)40-25(41)18-11-17(7-9-21(18)44-13-22(33)34)39-26(42)23-19(31)8-5-15(24(23)32)12-38-27(43)28(2,3)29(35,36)37;1-2/h4-11,22H,12-13H2,1-3H3,(H,38,43)(H,39,42)(H,40,41);1-2H3. The Hall–Kier alpha value is -3.61. The summed E-state index contributed by atoms with van der Waals surface area (Å²) < 4.78 is 70.5. The number of hydrogen-bond donors (Lipinski definition) is 3. The summed E-state index contributed by atoms with van der Waals surface area (Å²) in [5.74, 6) is -3.14. The summed E-state index contributed by atoms with van der Waals surface area (Å²) in [5, 5.41) is 7.25. The minimum Gasteiger partial charge on any atom is -0.487 e. The van der Waals surface area contributed by atoms with Gasteiger partial charge in [0.2, 0.25) is 5.91 Å². The van der Waals surface area contributed by atoms with Gasteiger partial charge in [-0.1, -0.05) is 60.8 Å². The Morgan fingerprint density at radius 2 is 1.54 bits per heavy atom. The molecule has 3 aromatic rings. The topological polar surface area (TPSA) is 96.5 Å². The molecule has 0 aliphatic heterocycles. The lowest BCUT2D eigenvalue weighted by molar-refractivity contribution is -0.211. The third kappa shape index (κ3) is 9.70. The zero-order valence-electron chi connectivity index (χ0n) is 25.3. The number of carbonyl (C=O) groups is 3. The van der Waals surface area contributed by atoms with Gasteiger partial charge >= 0.3 is 6.18 Å². The fraction of sp³-hybridized carbons (Fsp3) is 0.323. The molecule has 0 saturated heterocycles. The van der Waals surface area contributed by atoms with Gasteiger partial charge in [0.05, 0.1) is 21.2 Å². The van der Waals surface area contributed by atoms with E-state index < -0.39 is 48.9 Å². The van der Waals surface area contributed by atoms with Gasteiger partial charge < -0.3 is 20.7 Å². The lowest BCUT2D eigenvalue weighted by atomic mass is 9.91. The van der Waals surface area contributed by atoms with Crippen LogP contribution in [-0.2, 0) is 11.3 Å². The molecule has 3 amide bonds. The Morgan fingerprint density at radius 1 is 0.891 bits per heavy atom. The molecule has 3 aromatic carbocycles. The number of hydrogen-bond acceptors (Lipinski definition) is 4. The zero-order chi connectivity index (χ0) is 35.0. The third-order valence-electron chi connectivity index (χ3n) is 6.41. The Morgan fingerprint density at radius 3 is 2.15 bits per heavy atom. The van der Waals surface area contributed by atoms with Crippen LogP contribution in [0.25, 0.3) is 0 Å². The van der Waals surface area contributed by atoms with Crippen molar-refractivity contribution in [1.29, 1.82) is 0 Å². The van der Waals surface area contributed by atoms with E-state index in [9.17, 15) is 36.3 Å². The minimum absolute atomic E-state index is 0.0186. The number of amides is 3. The minimum atomic E-state index is -4.81. The summed E-state index contributed by atoms with van der Waals surface area (Å²) >= 11 is 18.6. The van der Waals surface area contributed by atoms with E-state index in [2.05, 4.69) is 16.0 Å². The second kappa shape index (κ2) is 16.3. The molecule has 15 heteroatoms. The zero-order valence-corrected chi connectivity index (χ0v) is 27.5. The molecule has 7 nitrogen and oxygen atoms in total. The van der Waals surface area contributed by atoms with Crippen molar-refractivity contribution >= 4 is 63.9 Å². The van der Waals surface area contributed by atoms with Crippen LogP contribution < -0.4 is 20.7 Å². The quantitative estimate of drug-likeness (QED) is 0.183. The molecule has 0 aromatic heterocycles. The van der Waals surface area contributed by atoms with Crippen molar-refractivity contribution in [3.05, 3.63) is 85.9 Å². The number of benzene rings is 3. The van der Waals surface area contributed by atoms with Crippen LogP contribution in [0.2, 0.25) is 15.1 Å². The SMILES string of the molecule is CC.Cc1ccc(Cl)cc1NC(=O)c1cc(NC(=O)c2c(Cl)ccc(CNC(=O)C(C)(C)C(F)(F)F)c2Cl)ccc1OCC(F)F. The molecule has 0 atom stereocenters. The summed E-state index contributed by atoms with van der Waals surface area (Å²) in [6.45, 7) is 5.70. The second-order valence-electron chi connectivity index (χ2n) is 9.98. The Balaban J connectivity index is 0.00000361. The molecule has 0 radical (unpaired) electrons. The van der Waals surface area contributed by atoms with E-state index >= 15 is 0 Å². The Labute approximate surface area is 277 Å². The van der Waals surface area contributed by atoms with Crippen molar-refractivity contribution < 1.29 is 41.1 Å². The molecule has 0 spiro atoms. The second-order valence-corrected chi connectivity index (χ2v) is 11.2. The highest BCUT2D eigenvalue weighted by Crippen LogP contribution is 2.38. The Kier molecular flexibility index (Phi) is 13.7. The van der Waals surface area contributed by atoms with E-state index in [-0.39, 0.29) is 38.2 Å². The molecular formula is C31H31Cl3F5N3O4. The summed E-state index contributed by atoms with van der Waals surface area (Å²) in [6, 6.07) is 11.0. The number of alkyl halides is 5. The molecule has 0 aliphatic carbocycles. The molecular weight excluding hydrogens is 680 g/mol. The van der Waals surface area contributed by atoms with Crippen LogP contribution in [-0.4, -0.2) is 36.9 Å². The molecule has 3 N–H and O–H groups in total. The van der Waals surface area contributed by atoms with E-state index in [1.807, 2.05) is 13.8 Å². The van der Waals surface area contributed by atoms with E-state index in [0.29, 0.717) is 16.3 Å². The molecule has 0 unspecified atom stereocenters. The number of aryl methyl sites for hydroxylation is 1. The number of carbonyl (C=O) groups excluding carboxylic acids is 3. The average Bonchev–Trinajstić information content (AvgIpc) is 2.98. The predicted octanol–water partition coefficient (Wildman–Crippen LogP) is 9.33. The number of rotatable bonds is 10. The largest absolute Gasteiger partial charge is 0.487 e. The van der Waals surface area contributed by atoms with Gasteiger partial charge in [-0.2, -0.15) is 13.2 Å². The van der Waals surface area contributed by atoms with Gasteiger partial charge in [0.1, 0.15) is 17.8 Å². The highest BCUT2D eigenvalue weighted by molar-refractivity contribution is 6.41. The van der Waals surface area contributed by atoms with E-state index in [0.717, 1.165) is 13.8 Å². The van der Waals surface area contributed by atoms with Crippen molar-refractivity contribution in [2.75, 3.05) is 17.2 Å². The van der Waals surface area contributed by atoms with Crippen LogP contribution >= 0.6 is 34.8 Å². The summed E-state index contributed by atoms with van der Waals surface area (Å²) in [6.07, 6.45) is -7.64. The molecule has 0 heterocycles. The number of anilines is 2. The van der Waals surface area contributed by atoms with Crippen molar-refractivity contribution in [2.45, 2.75) is 53.8 Å². The molecule has 250 valence electrons. The monoisotopic (exact) mass is 709 g/mol. The highest BCUT2D eigenvalue weighted by atomic mass is 35.5. The van der Waals surface area contributed by atoms with Gasteiger partial charge in [0.25, 0.3) is 18.2 Å². The van der Waals surface area contributed by atoms with Gasteiger partial charge in [-0.3, -0.25) is 14.4 Å². The van der Waals surface area contributed by atoms with Crippen LogP contribution in [0.5, 0.6) is 5.75 Å². The average molecular weight is 711 g/mol. The summed E-state index contributed by atoms with van der Waals surface area (Å²) in [5.41, 5.74) is -2.04. The molecule has 0 aliphatic rings. The molecule has 46 heavy (non-hydrogen) atoms. The fourth-order valence-corrected chi connectivity index (χ4v) is 4.42. The van der Waals surface area contributed by atoms with Crippen molar-refractivity contribution in [2.24, 2.45) is 5.41 Å². The molecule has 3 rings (SSSR count). The van der Waals surface area contributed by atoms with Gasteiger partial charge in [-0.15, -0.1) is 0 Å². The maximum absolute atomic E-state index is 13.2. The van der Waals surface area contributed by atoms with Crippen LogP contribution in [0.4, 0.5) is 33.3 Å². The van der Waals surface area contributed by atoms with E-state index in [1.165, 1.54) is 36.4 Å². The fourth-order valence-electron chi connectivity index (χ4n) is 3.64. The lowest BCUT2D eigenvalue weighted by Gasteiger charge is -2.26.